The van der Waals surface area contributed by atoms with Crippen LogP contribution in [0.25, 0.3) is 0 Å². The highest BCUT2D eigenvalue weighted by atomic mass is 35.5. The van der Waals surface area contributed by atoms with E-state index in [-0.39, 0.29) is 21.9 Å². The van der Waals surface area contributed by atoms with Gasteiger partial charge in [0.1, 0.15) is 17.7 Å². The van der Waals surface area contributed by atoms with E-state index in [1.54, 1.807) is 6.07 Å². The molecule has 0 atom stereocenters. The Morgan fingerprint density at radius 2 is 2.05 bits per heavy atom. The Labute approximate surface area is 120 Å². The van der Waals surface area contributed by atoms with Gasteiger partial charge in [-0.1, -0.05) is 30.1 Å². The first-order chi connectivity index (χ1) is 9.13. The molecule has 0 saturated carbocycles. The Bertz CT molecular complexity index is 577. The molecule has 0 radical (unpaired) electrons. The molecule has 0 aliphatic heterocycles. The molecule has 1 N–H and O–H groups in total. The van der Waals surface area contributed by atoms with Gasteiger partial charge in [-0.25, -0.2) is 9.97 Å². The maximum absolute atomic E-state index is 12.2. The lowest BCUT2D eigenvalue weighted by Crippen LogP contribution is -2.17. The first kappa shape index (κ1) is 13.8. The zero-order chi connectivity index (χ0) is 13.8. The van der Waals surface area contributed by atoms with E-state index >= 15 is 0 Å². The molecule has 2 aromatic heterocycles. The average molecular weight is 299 g/mol. The second kappa shape index (κ2) is 6.04. The summed E-state index contributed by atoms with van der Waals surface area (Å²) in [5.41, 5.74) is 0.762. The lowest BCUT2D eigenvalue weighted by Gasteiger charge is -2.10. The molecule has 0 saturated heterocycles. The van der Waals surface area contributed by atoms with Crippen LogP contribution >= 0.6 is 23.2 Å². The van der Waals surface area contributed by atoms with Gasteiger partial charge in [-0.2, -0.15) is 0 Å². The van der Waals surface area contributed by atoms with Crippen LogP contribution in [0.1, 0.15) is 23.8 Å². The topological polar surface area (TPSA) is 59.8 Å². The molecule has 2 aromatic rings. The standard InChI is InChI=1S/C12H12Cl2N4O/c1-2-5-18-6-3-4-8(18)12(19)17-9-10(13)15-7-16-11(9)14/h3-4,6-7H,2,5H2,1H3,(H,17,19). The van der Waals surface area contributed by atoms with Crippen molar-refractivity contribution >= 4 is 34.8 Å². The van der Waals surface area contributed by atoms with E-state index in [1.165, 1.54) is 6.33 Å². The minimum Gasteiger partial charge on any atom is -0.344 e. The van der Waals surface area contributed by atoms with Gasteiger partial charge in [0.15, 0.2) is 10.3 Å². The predicted octanol–water partition coefficient (Wildman–Crippen LogP) is 3.25. The van der Waals surface area contributed by atoms with Crippen LogP contribution in [0, 0.1) is 0 Å². The van der Waals surface area contributed by atoms with Crippen molar-refractivity contribution in [2.24, 2.45) is 0 Å². The molecular weight excluding hydrogens is 287 g/mol. The van der Waals surface area contributed by atoms with Gasteiger partial charge < -0.3 is 9.88 Å². The fraction of sp³-hybridized carbons (Fsp3) is 0.250. The zero-order valence-corrected chi connectivity index (χ0v) is 11.7. The summed E-state index contributed by atoms with van der Waals surface area (Å²) in [5.74, 6) is -0.294. The number of amides is 1. The average Bonchev–Trinajstić information content (AvgIpc) is 2.83. The molecule has 1 amide bonds. The van der Waals surface area contributed by atoms with Crippen LogP contribution in [0.3, 0.4) is 0 Å². The lowest BCUT2D eigenvalue weighted by atomic mass is 10.3. The summed E-state index contributed by atoms with van der Waals surface area (Å²) in [6.07, 6.45) is 4.02. The van der Waals surface area contributed by atoms with Crippen LogP contribution in [0.15, 0.2) is 24.7 Å². The number of hydrogen-bond donors (Lipinski definition) is 1. The number of hydrogen-bond acceptors (Lipinski definition) is 3. The van der Waals surface area contributed by atoms with E-state index in [0.29, 0.717) is 5.69 Å². The van der Waals surface area contributed by atoms with Crippen molar-refractivity contribution < 1.29 is 4.79 Å². The monoisotopic (exact) mass is 298 g/mol. The molecule has 0 fully saturated rings. The second-order valence-corrected chi connectivity index (χ2v) is 4.59. The maximum Gasteiger partial charge on any atom is 0.272 e. The highest BCUT2D eigenvalue weighted by molar-refractivity contribution is 6.38. The summed E-state index contributed by atoms with van der Waals surface area (Å²) in [6.45, 7) is 2.81. The number of nitrogens with one attached hydrogen (secondary N) is 1. The van der Waals surface area contributed by atoms with E-state index in [4.69, 9.17) is 23.2 Å². The molecule has 5 nitrogen and oxygen atoms in total. The SMILES string of the molecule is CCCn1cccc1C(=O)Nc1c(Cl)ncnc1Cl. The molecule has 2 heterocycles. The van der Waals surface area contributed by atoms with E-state index in [0.717, 1.165) is 13.0 Å². The van der Waals surface area contributed by atoms with Crippen molar-refractivity contribution in [2.75, 3.05) is 5.32 Å². The molecule has 19 heavy (non-hydrogen) atoms. The van der Waals surface area contributed by atoms with Crippen molar-refractivity contribution in [3.63, 3.8) is 0 Å². The van der Waals surface area contributed by atoms with Crippen molar-refractivity contribution in [1.29, 1.82) is 0 Å². The number of halogens is 2. The summed E-state index contributed by atoms with van der Waals surface area (Å²) >= 11 is 11.8. The molecular formula is C12H12Cl2N4O. The fourth-order valence-corrected chi connectivity index (χ4v) is 2.09. The van der Waals surface area contributed by atoms with E-state index < -0.39 is 0 Å². The zero-order valence-electron chi connectivity index (χ0n) is 10.2. The number of anilines is 1. The molecule has 100 valence electrons. The molecule has 0 spiro atoms. The third-order valence-corrected chi connectivity index (χ3v) is 3.09. The molecule has 7 heteroatoms. The fourth-order valence-electron chi connectivity index (χ4n) is 1.68. The quantitative estimate of drug-likeness (QED) is 0.882. The summed E-state index contributed by atoms with van der Waals surface area (Å²) in [4.78, 5) is 19.7. The molecule has 2 rings (SSSR count). The third-order valence-electron chi connectivity index (χ3n) is 2.52. The highest BCUT2D eigenvalue weighted by Crippen LogP contribution is 2.26. The van der Waals surface area contributed by atoms with E-state index in [9.17, 15) is 4.79 Å². The molecule has 0 aromatic carbocycles. The Morgan fingerprint density at radius 3 is 2.68 bits per heavy atom. The van der Waals surface area contributed by atoms with Gasteiger partial charge >= 0.3 is 0 Å². The summed E-state index contributed by atoms with van der Waals surface area (Å²) in [5, 5.41) is 2.86. The minimum absolute atomic E-state index is 0.113. The molecule has 0 aliphatic rings. The minimum atomic E-state index is -0.294. The van der Waals surface area contributed by atoms with Gasteiger partial charge in [0.25, 0.3) is 5.91 Å². The van der Waals surface area contributed by atoms with Gasteiger partial charge in [0.05, 0.1) is 0 Å². The van der Waals surface area contributed by atoms with Gasteiger partial charge in [-0.3, -0.25) is 4.79 Å². The van der Waals surface area contributed by atoms with Crippen molar-refractivity contribution in [1.82, 2.24) is 14.5 Å². The number of aromatic nitrogens is 3. The van der Waals surface area contributed by atoms with Gasteiger partial charge in [-0.05, 0) is 18.6 Å². The summed E-state index contributed by atoms with van der Waals surface area (Å²) < 4.78 is 1.86. The molecule has 0 bridgehead atoms. The highest BCUT2D eigenvalue weighted by Gasteiger charge is 2.15. The van der Waals surface area contributed by atoms with Gasteiger partial charge in [0, 0.05) is 12.7 Å². The number of carbonyl (C=O) groups is 1. The van der Waals surface area contributed by atoms with Gasteiger partial charge in [-0.15, -0.1) is 0 Å². The Morgan fingerprint density at radius 1 is 1.37 bits per heavy atom. The van der Waals surface area contributed by atoms with Crippen molar-refractivity contribution in [2.45, 2.75) is 19.9 Å². The van der Waals surface area contributed by atoms with Crippen molar-refractivity contribution in [3.8, 4) is 0 Å². The predicted molar refractivity (Wildman–Crippen MR) is 74.7 cm³/mol. The largest absolute Gasteiger partial charge is 0.344 e. The first-order valence-electron chi connectivity index (χ1n) is 5.76. The summed E-state index contributed by atoms with van der Waals surface area (Å²) in [7, 11) is 0. The molecule has 0 unspecified atom stereocenters. The number of carbonyl (C=O) groups excluding carboxylic acids is 1. The van der Waals surface area contributed by atoms with Crippen LogP contribution in [0.4, 0.5) is 5.69 Å². The van der Waals surface area contributed by atoms with Crippen LogP contribution in [-0.4, -0.2) is 20.4 Å². The van der Waals surface area contributed by atoms with E-state index in [1.807, 2.05) is 23.8 Å². The second-order valence-electron chi connectivity index (χ2n) is 3.87. The maximum atomic E-state index is 12.2. The van der Waals surface area contributed by atoms with Crippen LogP contribution in [-0.2, 0) is 6.54 Å². The first-order valence-corrected chi connectivity index (χ1v) is 6.51. The Kier molecular flexibility index (Phi) is 4.39. The lowest BCUT2D eigenvalue weighted by molar-refractivity contribution is 0.101. The van der Waals surface area contributed by atoms with Crippen molar-refractivity contribution in [3.05, 3.63) is 40.7 Å². The van der Waals surface area contributed by atoms with E-state index in [2.05, 4.69) is 15.3 Å². The van der Waals surface area contributed by atoms with Crippen LogP contribution in [0.2, 0.25) is 10.3 Å². The number of aryl methyl sites for hydroxylation is 1. The van der Waals surface area contributed by atoms with Gasteiger partial charge in [0.2, 0.25) is 0 Å². The summed E-state index contributed by atoms with van der Waals surface area (Å²) in [6, 6.07) is 3.55. The normalized spacial score (nSPS) is 10.5. The Hall–Kier alpha value is -1.59. The third kappa shape index (κ3) is 3.05. The number of nitrogens with zero attached hydrogens (tertiary/aromatic N) is 3. The smallest absolute Gasteiger partial charge is 0.272 e. The molecule has 0 aliphatic carbocycles. The Balaban J connectivity index is 2.24. The number of rotatable bonds is 4. The van der Waals surface area contributed by atoms with Crippen LogP contribution < -0.4 is 5.32 Å². The van der Waals surface area contributed by atoms with Crippen LogP contribution in [0.5, 0.6) is 0 Å².